The van der Waals surface area contributed by atoms with E-state index < -0.39 is 0 Å². The van der Waals surface area contributed by atoms with Crippen LogP contribution in [-0.4, -0.2) is 4.57 Å². The van der Waals surface area contributed by atoms with Crippen molar-refractivity contribution in [2.45, 2.75) is 93.3 Å². The summed E-state index contributed by atoms with van der Waals surface area (Å²) in [6.07, 6.45) is 17.2. The minimum atomic E-state index is -0.0118. The van der Waals surface area contributed by atoms with Crippen molar-refractivity contribution in [3.63, 3.8) is 0 Å². The maximum atomic E-state index is 6.51. The Labute approximate surface area is 293 Å². The molecule has 0 saturated heterocycles. The van der Waals surface area contributed by atoms with Gasteiger partial charge in [-0.3, -0.25) is 0 Å². The third kappa shape index (κ3) is 5.35. The number of furan rings is 1. The summed E-state index contributed by atoms with van der Waals surface area (Å²) < 4.78 is 11.5. The number of aryl methyl sites for hydroxylation is 1. The number of benzene rings is 4. The fraction of sp³-hybridized carbons (Fsp3) is 0.372. The zero-order valence-electron chi connectivity index (χ0n) is 28.1. The summed E-state index contributed by atoms with van der Waals surface area (Å²) >= 11 is 2.73. The van der Waals surface area contributed by atoms with Gasteiger partial charge in [0.05, 0.1) is 12.6 Å². The van der Waals surface area contributed by atoms with Crippen molar-refractivity contribution in [3.8, 4) is 28.2 Å². The number of aromatic nitrogens is 2. The number of rotatable bonds is 8. The molecule has 0 N–H and O–H groups in total. The van der Waals surface area contributed by atoms with Gasteiger partial charge in [-0.2, -0.15) is 4.57 Å². The van der Waals surface area contributed by atoms with Crippen molar-refractivity contribution in [2.24, 2.45) is 7.05 Å². The summed E-state index contributed by atoms with van der Waals surface area (Å²) in [5.41, 5.74) is 11.9. The zero-order valence-corrected chi connectivity index (χ0v) is 30.2. The fourth-order valence-corrected chi connectivity index (χ4v) is 9.23. The Kier molecular flexibility index (Phi) is 8.27. The summed E-state index contributed by atoms with van der Waals surface area (Å²) in [5.74, 6) is 2.44. The molecular weight excluding hydrogens is 687 g/mol. The summed E-state index contributed by atoms with van der Waals surface area (Å²) in [6.45, 7) is 4.67. The van der Waals surface area contributed by atoms with Gasteiger partial charge in [0.2, 0.25) is 0 Å². The molecule has 0 bridgehead atoms. The highest BCUT2D eigenvalue weighted by Crippen LogP contribution is 2.49. The van der Waals surface area contributed by atoms with E-state index in [0.717, 1.165) is 24.0 Å². The number of hydrogen-bond acceptors (Lipinski definition) is 1. The first-order valence-electron chi connectivity index (χ1n) is 17.9. The van der Waals surface area contributed by atoms with Gasteiger partial charge >= 0.3 is 0 Å². The average Bonchev–Trinajstić information content (AvgIpc) is 3.94. The van der Waals surface area contributed by atoms with Gasteiger partial charge in [-0.1, -0.05) is 111 Å². The number of alkyl halides is 1. The van der Waals surface area contributed by atoms with Crippen LogP contribution in [0.1, 0.15) is 107 Å². The zero-order chi connectivity index (χ0) is 32.1. The van der Waals surface area contributed by atoms with Crippen LogP contribution in [0.2, 0.25) is 0 Å². The van der Waals surface area contributed by atoms with E-state index in [1.807, 2.05) is 0 Å². The van der Waals surface area contributed by atoms with Crippen molar-refractivity contribution < 1.29 is 8.98 Å². The summed E-state index contributed by atoms with van der Waals surface area (Å²) in [7, 11) is 2.24. The fourth-order valence-electron chi connectivity index (χ4n) is 8.79. The Balaban J connectivity index is 1.44. The maximum Gasteiger partial charge on any atom is 0.294 e. The summed E-state index contributed by atoms with van der Waals surface area (Å²) in [5, 5.41) is 2.39. The van der Waals surface area contributed by atoms with Crippen LogP contribution < -0.4 is 4.57 Å². The molecule has 4 aromatic carbocycles. The predicted octanol–water partition coefficient (Wildman–Crippen LogP) is 12.3. The van der Waals surface area contributed by atoms with Crippen LogP contribution in [0.3, 0.4) is 0 Å². The number of para-hydroxylation sites is 1. The van der Waals surface area contributed by atoms with Crippen LogP contribution in [0, 0.1) is 0 Å². The highest BCUT2D eigenvalue weighted by atomic mass is 127. The van der Waals surface area contributed by atoms with Crippen molar-refractivity contribution in [3.05, 3.63) is 108 Å². The second-order valence-corrected chi connectivity index (χ2v) is 16.2. The van der Waals surface area contributed by atoms with Crippen LogP contribution in [0.25, 0.3) is 50.1 Å². The molecule has 8 rings (SSSR count). The lowest BCUT2D eigenvalue weighted by molar-refractivity contribution is -0.659. The van der Waals surface area contributed by atoms with Gasteiger partial charge in [-0.05, 0) is 97.4 Å². The van der Waals surface area contributed by atoms with Crippen LogP contribution in [-0.2, 0) is 10.5 Å². The molecule has 0 aliphatic heterocycles. The maximum absolute atomic E-state index is 6.51. The molecule has 0 radical (unpaired) electrons. The molecule has 0 atom stereocenters. The standard InChI is InChI=1S/C43H46IN2O/c1-4-43(44,5-2)38-28-40-36(33-21-13-14-22-39(33)47-40)27-37(38)42-45(3)23-24-46(42)41-34(30-17-9-10-18-30)25-32(29-15-7-6-8-16-29)26-35(41)31-19-11-12-20-31/h6-8,13-16,21-28,30-31H,4-5,9-12,17-20H2,1-3H3/q+1. The number of fused-ring (bicyclic) bond motifs is 3. The van der Waals surface area contributed by atoms with E-state index in [0.29, 0.717) is 11.8 Å². The molecule has 2 aliphatic carbocycles. The first-order valence-corrected chi connectivity index (χ1v) is 19.0. The van der Waals surface area contributed by atoms with Crippen molar-refractivity contribution >= 4 is 44.5 Å². The van der Waals surface area contributed by atoms with Crippen LogP contribution in [0.15, 0.2) is 95.7 Å². The van der Waals surface area contributed by atoms with E-state index in [9.17, 15) is 0 Å². The van der Waals surface area contributed by atoms with Gasteiger partial charge < -0.3 is 4.42 Å². The smallest absolute Gasteiger partial charge is 0.294 e. The van der Waals surface area contributed by atoms with E-state index in [-0.39, 0.29) is 3.42 Å². The molecule has 47 heavy (non-hydrogen) atoms. The van der Waals surface area contributed by atoms with Crippen LogP contribution in [0.5, 0.6) is 0 Å². The van der Waals surface area contributed by atoms with Crippen LogP contribution >= 0.6 is 22.6 Å². The first-order chi connectivity index (χ1) is 23.0. The molecule has 0 unspecified atom stereocenters. The van der Waals surface area contributed by atoms with Crippen LogP contribution in [0.4, 0.5) is 0 Å². The predicted molar refractivity (Wildman–Crippen MR) is 204 cm³/mol. The highest BCUT2D eigenvalue weighted by Gasteiger charge is 2.37. The van der Waals surface area contributed by atoms with Gasteiger partial charge in [0.25, 0.3) is 5.82 Å². The number of hydrogen-bond donors (Lipinski definition) is 0. The van der Waals surface area contributed by atoms with E-state index in [2.05, 4.69) is 144 Å². The molecule has 0 amide bonds. The molecule has 2 heterocycles. The quantitative estimate of drug-likeness (QED) is 0.0867. The van der Waals surface area contributed by atoms with Gasteiger partial charge in [-0.15, -0.1) is 0 Å². The first kappa shape index (κ1) is 30.9. The third-order valence-corrected chi connectivity index (χ3v) is 13.6. The van der Waals surface area contributed by atoms with Gasteiger partial charge in [0.15, 0.2) is 0 Å². The van der Waals surface area contributed by atoms with E-state index in [1.165, 1.54) is 95.9 Å². The second-order valence-electron chi connectivity index (χ2n) is 14.1. The lowest BCUT2D eigenvalue weighted by Gasteiger charge is -2.28. The largest absolute Gasteiger partial charge is 0.456 e. The van der Waals surface area contributed by atoms with Gasteiger partial charge in [0, 0.05) is 25.3 Å². The molecular formula is C43H46IN2O+. The molecule has 3 nitrogen and oxygen atoms in total. The Morgan fingerprint density at radius 3 is 2.00 bits per heavy atom. The van der Waals surface area contributed by atoms with Gasteiger partial charge in [-0.25, -0.2) is 4.57 Å². The Morgan fingerprint density at radius 2 is 1.36 bits per heavy atom. The molecule has 2 fully saturated rings. The number of imidazole rings is 1. The van der Waals surface area contributed by atoms with E-state index >= 15 is 0 Å². The Bertz CT molecular complexity index is 2020. The summed E-state index contributed by atoms with van der Waals surface area (Å²) in [6, 6.07) is 29.6. The summed E-state index contributed by atoms with van der Waals surface area (Å²) in [4.78, 5) is 0. The Morgan fingerprint density at radius 1 is 0.745 bits per heavy atom. The van der Waals surface area contributed by atoms with Crippen molar-refractivity contribution in [1.82, 2.24) is 4.57 Å². The molecule has 2 saturated carbocycles. The van der Waals surface area contributed by atoms with E-state index in [1.54, 1.807) is 11.1 Å². The second kappa shape index (κ2) is 12.6. The molecule has 240 valence electrons. The van der Waals surface area contributed by atoms with Gasteiger partial charge in [0.1, 0.15) is 29.2 Å². The molecule has 0 spiro atoms. The molecule has 2 aliphatic rings. The molecule has 4 heteroatoms. The minimum absolute atomic E-state index is 0.0118. The highest BCUT2D eigenvalue weighted by molar-refractivity contribution is 14.1. The normalized spacial score (nSPS) is 16.3. The lowest BCUT2D eigenvalue weighted by atomic mass is 9.84. The molecule has 2 aromatic heterocycles. The third-order valence-electron chi connectivity index (χ3n) is 11.5. The van der Waals surface area contributed by atoms with Crippen molar-refractivity contribution in [2.75, 3.05) is 0 Å². The Hall–Kier alpha value is -3.38. The molecule has 6 aromatic rings. The van der Waals surface area contributed by atoms with E-state index in [4.69, 9.17) is 4.42 Å². The van der Waals surface area contributed by atoms with Crippen molar-refractivity contribution in [1.29, 1.82) is 0 Å². The number of nitrogens with zero attached hydrogens (tertiary/aromatic N) is 2. The topological polar surface area (TPSA) is 21.9 Å². The SMILES string of the molecule is CCC(I)(CC)c1cc2oc3ccccc3c2cc1-c1n(-c2c(C3CCCC3)cc(-c3ccccc3)cc2C2CCCC2)cc[n+]1C. The monoisotopic (exact) mass is 733 g/mol. The average molecular weight is 734 g/mol. The number of halogens is 1. The minimum Gasteiger partial charge on any atom is -0.456 e. The lowest BCUT2D eigenvalue weighted by Crippen LogP contribution is -2.31.